The minimum absolute atomic E-state index is 0.102. The SMILES string of the molecule is Cc1cncc(-c2ccc(-c3cc4cnc([S+](C)[O-])nc4n(CCOC4CN(C(C)(C)C)C4)c3=O)c(Cl)c2)n1. The number of pyridine rings is 1. The molecule has 4 aromatic rings. The molecule has 0 N–H and O–H groups in total. The van der Waals surface area contributed by atoms with Crippen LogP contribution in [0, 0.1) is 6.92 Å². The van der Waals surface area contributed by atoms with E-state index in [0.717, 1.165) is 24.3 Å². The van der Waals surface area contributed by atoms with Crippen molar-refractivity contribution in [2.45, 2.75) is 51.0 Å². The summed E-state index contributed by atoms with van der Waals surface area (Å²) in [6.45, 7) is 10.8. The summed E-state index contributed by atoms with van der Waals surface area (Å²) < 4.78 is 19.7. The molecule has 204 valence electrons. The largest absolute Gasteiger partial charge is 0.609 e. The number of rotatable bonds is 7. The van der Waals surface area contributed by atoms with Gasteiger partial charge in [-0.2, -0.15) is 9.97 Å². The van der Waals surface area contributed by atoms with E-state index in [1.807, 2.05) is 19.1 Å². The number of aromatic nitrogens is 5. The minimum Gasteiger partial charge on any atom is -0.609 e. The summed E-state index contributed by atoms with van der Waals surface area (Å²) in [5.41, 5.74) is 3.58. The standard InChI is InChI=1S/C28H31ClN6O3S/c1-17-12-30-14-24(32-17)18-6-7-21(23(29)11-18)22-10-19-13-31-27(39(5)37)33-25(19)35(26(22)36)8-9-38-20-15-34(16-20)28(2,3)4/h6-7,10-14,20H,8-9,15-16H2,1-5H3. The van der Waals surface area contributed by atoms with Crippen LogP contribution in [0.3, 0.4) is 0 Å². The molecule has 4 heterocycles. The molecule has 0 spiro atoms. The average molecular weight is 567 g/mol. The van der Waals surface area contributed by atoms with E-state index in [-0.39, 0.29) is 28.9 Å². The third kappa shape index (κ3) is 5.85. The summed E-state index contributed by atoms with van der Waals surface area (Å²) in [6, 6.07) is 7.21. The van der Waals surface area contributed by atoms with Gasteiger partial charge >= 0.3 is 5.16 Å². The van der Waals surface area contributed by atoms with Gasteiger partial charge in [-0.05, 0) is 39.8 Å². The highest BCUT2D eigenvalue weighted by atomic mass is 35.5. The van der Waals surface area contributed by atoms with E-state index in [1.54, 1.807) is 35.3 Å². The second-order valence-corrected chi connectivity index (χ2v) is 12.4. The van der Waals surface area contributed by atoms with Crippen LogP contribution in [0.1, 0.15) is 26.5 Å². The number of halogens is 1. The molecule has 1 atom stereocenters. The molecule has 9 nitrogen and oxygen atoms in total. The minimum atomic E-state index is -1.39. The highest BCUT2D eigenvalue weighted by Gasteiger charge is 2.34. The first-order valence-electron chi connectivity index (χ1n) is 12.7. The lowest BCUT2D eigenvalue weighted by atomic mass is 9.99. The number of hydrogen-bond donors (Lipinski definition) is 0. The fourth-order valence-electron chi connectivity index (χ4n) is 4.58. The van der Waals surface area contributed by atoms with E-state index in [0.29, 0.717) is 39.5 Å². The molecule has 1 fully saturated rings. The van der Waals surface area contributed by atoms with Crippen LogP contribution in [0.25, 0.3) is 33.4 Å². The summed E-state index contributed by atoms with van der Waals surface area (Å²) in [5.74, 6) is 0. The number of ether oxygens (including phenoxy) is 1. The summed E-state index contributed by atoms with van der Waals surface area (Å²) in [7, 11) is 0. The van der Waals surface area contributed by atoms with Gasteiger partial charge in [0, 0.05) is 69.3 Å². The first-order chi connectivity index (χ1) is 18.5. The van der Waals surface area contributed by atoms with Crippen molar-refractivity contribution < 1.29 is 9.29 Å². The number of aryl methyl sites for hydroxylation is 1. The number of nitrogens with zero attached hydrogens (tertiary/aromatic N) is 6. The zero-order valence-corrected chi connectivity index (χ0v) is 24.2. The Labute approximate surface area is 235 Å². The Balaban J connectivity index is 1.48. The van der Waals surface area contributed by atoms with Crippen LogP contribution in [0.2, 0.25) is 5.02 Å². The normalized spacial score (nSPS) is 15.5. The Hall–Kier alpha value is -2.89. The van der Waals surface area contributed by atoms with Crippen molar-refractivity contribution >= 4 is 33.8 Å². The van der Waals surface area contributed by atoms with E-state index in [9.17, 15) is 9.35 Å². The lowest BCUT2D eigenvalue weighted by Crippen LogP contribution is -2.59. The number of benzene rings is 1. The second-order valence-electron chi connectivity index (χ2n) is 10.7. The maximum absolute atomic E-state index is 13.8. The number of hydrogen-bond acceptors (Lipinski definition) is 8. The van der Waals surface area contributed by atoms with Crippen molar-refractivity contribution in [2.24, 2.45) is 0 Å². The molecular weight excluding hydrogens is 536 g/mol. The lowest BCUT2D eigenvalue weighted by molar-refractivity contribution is -0.0900. The first-order valence-corrected chi connectivity index (χ1v) is 14.6. The highest BCUT2D eigenvalue weighted by Crippen LogP contribution is 2.31. The summed E-state index contributed by atoms with van der Waals surface area (Å²) in [4.78, 5) is 33.6. The maximum atomic E-state index is 13.8. The van der Waals surface area contributed by atoms with Crippen molar-refractivity contribution in [1.29, 1.82) is 0 Å². The van der Waals surface area contributed by atoms with Gasteiger partial charge in [0.25, 0.3) is 5.56 Å². The molecule has 0 saturated carbocycles. The van der Waals surface area contributed by atoms with Crippen molar-refractivity contribution in [3.8, 4) is 22.4 Å². The Bertz CT molecular complexity index is 1580. The number of likely N-dealkylation sites (tertiary alicyclic amines) is 1. The molecule has 1 unspecified atom stereocenters. The van der Waals surface area contributed by atoms with Crippen molar-refractivity contribution in [3.05, 3.63) is 63.9 Å². The van der Waals surface area contributed by atoms with Gasteiger partial charge in [-0.15, -0.1) is 0 Å². The monoisotopic (exact) mass is 566 g/mol. The lowest BCUT2D eigenvalue weighted by Gasteiger charge is -2.47. The molecule has 39 heavy (non-hydrogen) atoms. The maximum Gasteiger partial charge on any atom is 0.344 e. The molecular formula is C28H31ClN6O3S. The fraction of sp³-hybridized carbons (Fsp3) is 0.393. The average Bonchev–Trinajstić information content (AvgIpc) is 2.85. The summed E-state index contributed by atoms with van der Waals surface area (Å²) in [6.07, 6.45) is 6.59. The molecule has 0 bridgehead atoms. The Morgan fingerprint density at radius 1 is 1.13 bits per heavy atom. The molecule has 1 aliphatic rings. The zero-order valence-electron chi connectivity index (χ0n) is 22.6. The molecule has 5 rings (SSSR count). The van der Waals surface area contributed by atoms with Crippen LogP contribution in [-0.2, 0) is 22.5 Å². The van der Waals surface area contributed by atoms with E-state index in [1.165, 1.54) is 6.26 Å². The Kier molecular flexibility index (Phi) is 7.76. The molecule has 0 amide bonds. The van der Waals surface area contributed by atoms with E-state index < -0.39 is 11.2 Å². The fourth-order valence-corrected chi connectivity index (χ4v) is 5.28. The summed E-state index contributed by atoms with van der Waals surface area (Å²) >= 11 is 5.33. The number of fused-ring (bicyclic) bond motifs is 1. The van der Waals surface area contributed by atoms with E-state index in [4.69, 9.17) is 16.3 Å². The van der Waals surface area contributed by atoms with Crippen molar-refractivity contribution in [2.75, 3.05) is 26.0 Å². The third-order valence-corrected chi connectivity index (χ3v) is 7.86. The van der Waals surface area contributed by atoms with Gasteiger partial charge in [-0.1, -0.05) is 23.7 Å². The molecule has 3 aromatic heterocycles. The van der Waals surface area contributed by atoms with Gasteiger partial charge in [0.1, 0.15) is 6.26 Å². The van der Waals surface area contributed by atoms with Gasteiger partial charge in [-0.3, -0.25) is 19.2 Å². The zero-order chi connectivity index (χ0) is 27.9. The van der Waals surface area contributed by atoms with Crippen LogP contribution in [-0.4, -0.2) is 71.6 Å². The Morgan fingerprint density at radius 3 is 2.56 bits per heavy atom. The molecule has 1 aromatic carbocycles. The third-order valence-electron chi connectivity index (χ3n) is 6.84. The van der Waals surface area contributed by atoms with Gasteiger partial charge < -0.3 is 9.29 Å². The smallest absolute Gasteiger partial charge is 0.344 e. The van der Waals surface area contributed by atoms with Crippen LogP contribution >= 0.6 is 11.6 Å². The second kappa shape index (κ2) is 10.9. The van der Waals surface area contributed by atoms with Gasteiger partial charge in [0.05, 0.1) is 36.8 Å². The van der Waals surface area contributed by atoms with Crippen LogP contribution in [0.4, 0.5) is 0 Å². The van der Waals surface area contributed by atoms with Gasteiger partial charge in [0.15, 0.2) is 5.65 Å². The van der Waals surface area contributed by atoms with Crippen LogP contribution in [0.5, 0.6) is 0 Å². The Morgan fingerprint density at radius 2 is 1.90 bits per heavy atom. The van der Waals surface area contributed by atoms with E-state index in [2.05, 4.69) is 45.6 Å². The van der Waals surface area contributed by atoms with Crippen molar-refractivity contribution in [3.63, 3.8) is 0 Å². The van der Waals surface area contributed by atoms with Gasteiger partial charge in [-0.25, -0.2) is 4.98 Å². The molecule has 1 aliphatic heterocycles. The molecule has 11 heteroatoms. The highest BCUT2D eigenvalue weighted by molar-refractivity contribution is 7.90. The predicted molar refractivity (Wildman–Crippen MR) is 153 cm³/mol. The predicted octanol–water partition coefficient (Wildman–Crippen LogP) is 4.11. The van der Waals surface area contributed by atoms with Crippen molar-refractivity contribution in [1.82, 2.24) is 29.4 Å². The van der Waals surface area contributed by atoms with Crippen LogP contribution < -0.4 is 5.56 Å². The first kappa shape index (κ1) is 27.7. The summed E-state index contributed by atoms with van der Waals surface area (Å²) in [5, 5.41) is 1.23. The topological polar surface area (TPSA) is 109 Å². The molecule has 0 aliphatic carbocycles. The quantitative estimate of drug-likeness (QED) is 0.243. The van der Waals surface area contributed by atoms with E-state index >= 15 is 0 Å². The van der Waals surface area contributed by atoms with Crippen LogP contribution in [0.15, 0.2) is 52.8 Å². The van der Waals surface area contributed by atoms with Gasteiger partial charge in [0.2, 0.25) is 0 Å². The molecule has 0 radical (unpaired) electrons. The molecule has 1 saturated heterocycles.